The number of guanidine groups is 1. The summed E-state index contributed by atoms with van der Waals surface area (Å²) in [6, 6.07) is 8.88. The lowest BCUT2D eigenvalue weighted by atomic mass is 10.1. The molecular weight excluding hydrogens is 411 g/mol. The summed E-state index contributed by atoms with van der Waals surface area (Å²) >= 11 is 0. The van der Waals surface area contributed by atoms with E-state index in [0.717, 1.165) is 31.9 Å². The van der Waals surface area contributed by atoms with E-state index in [-0.39, 0.29) is 24.0 Å². The van der Waals surface area contributed by atoms with Crippen molar-refractivity contribution in [2.45, 2.75) is 46.6 Å². The average molecular weight is 442 g/mol. The molecule has 3 N–H and O–H groups in total. The molecule has 0 bridgehead atoms. The van der Waals surface area contributed by atoms with Crippen LogP contribution in [-0.4, -0.2) is 30.1 Å². The van der Waals surface area contributed by atoms with Crippen LogP contribution in [0.15, 0.2) is 35.5 Å². The summed E-state index contributed by atoms with van der Waals surface area (Å²) in [5, 5.41) is 8.13. The predicted molar refractivity (Wildman–Crippen MR) is 115 cm³/mol. The summed E-state index contributed by atoms with van der Waals surface area (Å²) < 4.78 is 0. The predicted octanol–water partition coefficient (Wildman–Crippen LogP) is 4.32. The third-order valence-corrected chi connectivity index (χ3v) is 4.26. The summed E-state index contributed by atoms with van der Waals surface area (Å²) in [4.78, 5) is 8.04. The lowest BCUT2D eigenvalue weighted by Crippen LogP contribution is -2.44. The van der Waals surface area contributed by atoms with Gasteiger partial charge in [-0.2, -0.15) is 0 Å². The van der Waals surface area contributed by atoms with Crippen molar-refractivity contribution in [1.82, 2.24) is 15.6 Å². The van der Waals surface area contributed by atoms with E-state index in [0.29, 0.717) is 12.0 Å². The van der Waals surface area contributed by atoms with Crippen molar-refractivity contribution < 1.29 is 0 Å². The van der Waals surface area contributed by atoms with Crippen molar-refractivity contribution in [2.24, 2.45) is 10.9 Å². The van der Waals surface area contributed by atoms with Crippen LogP contribution < -0.4 is 10.6 Å². The minimum Gasteiger partial charge on any atom is -0.361 e. The fourth-order valence-corrected chi connectivity index (χ4v) is 2.50. The standard InChI is InChI=1S/C19H30N4.HI/c1-5-20-19(23-15(4)14(2)3)21-12-8-9-16-13-22-18-11-7-6-10-17(16)18;/h6-7,10-11,13-15,22H,5,8-9,12H2,1-4H3,(H2,20,21,23);1H. The van der Waals surface area contributed by atoms with Gasteiger partial charge in [0, 0.05) is 36.2 Å². The molecule has 5 heteroatoms. The lowest BCUT2D eigenvalue weighted by molar-refractivity contribution is 0.481. The lowest BCUT2D eigenvalue weighted by Gasteiger charge is -2.20. The Labute approximate surface area is 162 Å². The Morgan fingerprint density at radius 2 is 1.96 bits per heavy atom. The highest BCUT2D eigenvalue weighted by Gasteiger charge is 2.08. The summed E-state index contributed by atoms with van der Waals surface area (Å²) in [6.07, 6.45) is 4.22. The van der Waals surface area contributed by atoms with Crippen LogP contribution >= 0.6 is 24.0 Å². The number of rotatable bonds is 7. The van der Waals surface area contributed by atoms with E-state index in [1.165, 1.54) is 16.5 Å². The molecule has 0 radical (unpaired) electrons. The highest BCUT2D eigenvalue weighted by Crippen LogP contribution is 2.18. The van der Waals surface area contributed by atoms with E-state index in [1.54, 1.807) is 0 Å². The Morgan fingerprint density at radius 1 is 1.21 bits per heavy atom. The van der Waals surface area contributed by atoms with Gasteiger partial charge in [0.25, 0.3) is 0 Å². The number of para-hydroxylation sites is 1. The van der Waals surface area contributed by atoms with Crippen LogP contribution in [0.1, 0.15) is 39.7 Å². The van der Waals surface area contributed by atoms with Crippen molar-refractivity contribution in [3.63, 3.8) is 0 Å². The Morgan fingerprint density at radius 3 is 2.67 bits per heavy atom. The van der Waals surface area contributed by atoms with Crippen molar-refractivity contribution >= 4 is 40.8 Å². The number of benzene rings is 1. The third kappa shape index (κ3) is 6.00. The quantitative estimate of drug-likeness (QED) is 0.259. The van der Waals surface area contributed by atoms with Gasteiger partial charge in [-0.25, -0.2) is 0 Å². The molecule has 1 atom stereocenters. The van der Waals surface area contributed by atoms with Crippen LogP contribution in [0.3, 0.4) is 0 Å². The molecule has 1 aromatic carbocycles. The van der Waals surface area contributed by atoms with Crippen molar-refractivity contribution in [3.05, 3.63) is 36.0 Å². The van der Waals surface area contributed by atoms with Gasteiger partial charge in [0.15, 0.2) is 5.96 Å². The Hall–Kier alpha value is -1.24. The van der Waals surface area contributed by atoms with E-state index < -0.39 is 0 Å². The van der Waals surface area contributed by atoms with Gasteiger partial charge in [0.05, 0.1) is 0 Å². The fourth-order valence-electron chi connectivity index (χ4n) is 2.50. The second kappa shape index (κ2) is 10.6. The summed E-state index contributed by atoms with van der Waals surface area (Å²) in [5.41, 5.74) is 2.59. The number of fused-ring (bicyclic) bond motifs is 1. The molecular formula is C19H31IN4. The molecule has 0 fully saturated rings. The zero-order valence-corrected chi connectivity index (χ0v) is 17.6. The number of aliphatic imine (C=N–C) groups is 1. The van der Waals surface area contributed by atoms with Crippen LogP contribution in [0.5, 0.6) is 0 Å². The molecule has 0 spiro atoms. The first-order valence-electron chi connectivity index (χ1n) is 8.71. The molecule has 4 nitrogen and oxygen atoms in total. The highest BCUT2D eigenvalue weighted by atomic mass is 127. The zero-order valence-electron chi connectivity index (χ0n) is 15.2. The minimum absolute atomic E-state index is 0. The number of nitrogens with zero attached hydrogens (tertiary/aromatic N) is 1. The molecule has 2 aromatic rings. The highest BCUT2D eigenvalue weighted by molar-refractivity contribution is 14.0. The molecule has 1 aromatic heterocycles. The summed E-state index contributed by atoms with van der Waals surface area (Å²) in [5.74, 6) is 1.51. The van der Waals surface area contributed by atoms with Gasteiger partial charge in [0.2, 0.25) is 0 Å². The van der Waals surface area contributed by atoms with Crippen LogP contribution in [0.25, 0.3) is 10.9 Å². The molecule has 24 heavy (non-hydrogen) atoms. The Bertz CT molecular complexity index is 633. The first kappa shape index (κ1) is 20.8. The number of nitrogens with one attached hydrogen (secondary N) is 3. The van der Waals surface area contributed by atoms with Crippen molar-refractivity contribution in [3.8, 4) is 0 Å². The number of hydrogen-bond donors (Lipinski definition) is 3. The van der Waals surface area contributed by atoms with Gasteiger partial charge in [-0.3, -0.25) is 4.99 Å². The Balaban J connectivity index is 0.00000288. The molecule has 0 saturated carbocycles. The van der Waals surface area contributed by atoms with E-state index in [9.17, 15) is 0 Å². The summed E-state index contributed by atoms with van der Waals surface area (Å²) in [6.45, 7) is 10.5. The molecule has 0 aliphatic carbocycles. The molecule has 0 amide bonds. The normalized spacial score (nSPS) is 13.0. The number of halogens is 1. The van der Waals surface area contributed by atoms with E-state index >= 15 is 0 Å². The molecule has 1 heterocycles. The van der Waals surface area contributed by atoms with Crippen LogP contribution in [0.4, 0.5) is 0 Å². The SMILES string of the molecule is CCNC(=NCCCc1c[nH]c2ccccc12)NC(C)C(C)C.I. The topological polar surface area (TPSA) is 52.2 Å². The van der Waals surface area contributed by atoms with Crippen molar-refractivity contribution in [2.75, 3.05) is 13.1 Å². The van der Waals surface area contributed by atoms with Crippen LogP contribution in [0.2, 0.25) is 0 Å². The van der Waals surface area contributed by atoms with E-state index in [1.807, 2.05) is 0 Å². The van der Waals surface area contributed by atoms with Gasteiger partial charge in [0.1, 0.15) is 0 Å². The first-order chi connectivity index (χ1) is 11.1. The zero-order chi connectivity index (χ0) is 16.7. The van der Waals surface area contributed by atoms with Gasteiger partial charge in [-0.05, 0) is 44.2 Å². The fraction of sp³-hybridized carbons (Fsp3) is 0.526. The molecule has 0 aliphatic heterocycles. The van der Waals surface area contributed by atoms with Gasteiger partial charge < -0.3 is 15.6 Å². The maximum Gasteiger partial charge on any atom is 0.191 e. The maximum atomic E-state index is 4.70. The third-order valence-electron chi connectivity index (χ3n) is 4.26. The monoisotopic (exact) mass is 442 g/mol. The summed E-state index contributed by atoms with van der Waals surface area (Å²) in [7, 11) is 0. The molecule has 0 aliphatic rings. The van der Waals surface area contributed by atoms with Gasteiger partial charge >= 0.3 is 0 Å². The second-order valence-corrected chi connectivity index (χ2v) is 6.40. The number of aromatic amines is 1. The molecule has 134 valence electrons. The second-order valence-electron chi connectivity index (χ2n) is 6.40. The minimum atomic E-state index is 0. The smallest absolute Gasteiger partial charge is 0.191 e. The number of hydrogen-bond acceptors (Lipinski definition) is 1. The van der Waals surface area contributed by atoms with E-state index in [2.05, 4.69) is 73.8 Å². The molecule has 0 saturated heterocycles. The average Bonchev–Trinajstić information content (AvgIpc) is 2.94. The van der Waals surface area contributed by atoms with Gasteiger partial charge in [-0.1, -0.05) is 32.0 Å². The van der Waals surface area contributed by atoms with Crippen LogP contribution in [0, 0.1) is 5.92 Å². The van der Waals surface area contributed by atoms with Crippen molar-refractivity contribution in [1.29, 1.82) is 0 Å². The van der Waals surface area contributed by atoms with Gasteiger partial charge in [-0.15, -0.1) is 24.0 Å². The largest absolute Gasteiger partial charge is 0.361 e. The number of aryl methyl sites for hydroxylation is 1. The number of H-pyrrole nitrogens is 1. The van der Waals surface area contributed by atoms with Crippen LogP contribution in [-0.2, 0) is 6.42 Å². The molecule has 2 rings (SSSR count). The number of aromatic nitrogens is 1. The Kier molecular flexibility index (Phi) is 9.18. The maximum absolute atomic E-state index is 4.70. The molecule has 1 unspecified atom stereocenters. The van der Waals surface area contributed by atoms with E-state index in [4.69, 9.17) is 4.99 Å². The first-order valence-corrected chi connectivity index (χ1v) is 8.71.